The lowest BCUT2D eigenvalue weighted by Crippen LogP contribution is -2.16. The number of nitro groups is 1. The quantitative estimate of drug-likeness (QED) is 0.419. The second-order valence-corrected chi connectivity index (χ2v) is 8.70. The third-order valence-corrected chi connectivity index (χ3v) is 4.49. The van der Waals surface area contributed by atoms with Crippen molar-refractivity contribution in [3.8, 4) is 11.5 Å². The molecule has 0 saturated heterocycles. The van der Waals surface area contributed by atoms with Gasteiger partial charge in [-0.3, -0.25) is 10.1 Å². The maximum atomic E-state index is 10.8. The van der Waals surface area contributed by atoms with Crippen molar-refractivity contribution >= 4 is 16.8 Å². The first-order chi connectivity index (χ1) is 12.0. The van der Waals surface area contributed by atoms with E-state index in [2.05, 4.69) is 58.7 Å². The second kappa shape index (κ2) is 5.94. The molecule has 3 rings (SSSR count). The van der Waals surface area contributed by atoms with Crippen molar-refractivity contribution in [2.75, 3.05) is 0 Å². The number of nitro benzene ring substituents is 1. The molecule has 1 aromatic heterocycles. The number of non-ortho nitro benzene ring substituents is 1. The highest BCUT2D eigenvalue weighted by Gasteiger charge is 2.25. The Kier molecular flexibility index (Phi) is 4.14. The molecule has 1 heterocycles. The van der Waals surface area contributed by atoms with Crippen LogP contribution < -0.4 is 0 Å². The van der Waals surface area contributed by atoms with Gasteiger partial charge in [0.25, 0.3) is 5.69 Å². The van der Waals surface area contributed by atoms with E-state index in [1.807, 2.05) is 0 Å². The summed E-state index contributed by atoms with van der Waals surface area (Å²) >= 11 is 0. The third-order valence-electron chi connectivity index (χ3n) is 4.49. The lowest BCUT2D eigenvalue weighted by molar-refractivity contribution is -0.384. The van der Waals surface area contributed by atoms with Crippen LogP contribution in [-0.2, 0) is 10.8 Å². The van der Waals surface area contributed by atoms with Gasteiger partial charge in [0, 0.05) is 23.3 Å². The zero-order chi connectivity index (χ0) is 19.3. The molecular weight excluding hydrogens is 328 g/mol. The van der Waals surface area contributed by atoms with Crippen molar-refractivity contribution in [3.05, 3.63) is 57.6 Å². The van der Waals surface area contributed by atoms with Gasteiger partial charge in [-0.2, -0.15) is 0 Å². The average molecular weight is 352 g/mol. The van der Waals surface area contributed by atoms with Crippen LogP contribution in [0.25, 0.3) is 22.6 Å². The van der Waals surface area contributed by atoms with Crippen molar-refractivity contribution < 1.29 is 9.34 Å². The van der Waals surface area contributed by atoms with E-state index in [0.29, 0.717) is 5.89 Å². The lowest BCUT2D eigenvalue weighted by atomic mass is 9.80. The number of hydrogen-bond acceptors (Lipinski definition) is 4. The van der Waals surface area contributed by atoms with Crippen LogP contribution in [0.5, 0.6) is 0 Å². The van der Waals surface area contributed by atoms with E-state index < -0.39 is 4.92 Å². The zero-order valence-electron chi connectivity index (χ0n) is 16.1. The molecule has 5 nitrogen and oxygen atoms in total. The Balaban J connectivity index is 2.20. The molecule has 0 bridgehead atoms. The molecule has 0 aliphatic rings. The van der Waals surface area contributed by atoms with Gasteiger partial charge in [-0.15, -0.1) is 0 Å². The van der Waals surface area contributed by atoms with Gasteiger partial charge in [-0.25, -0.2) is 4.98 Å². The predicted octanol–water partition coefficient (Wildman–Crippen LogP) is 6.00. The Morgan fingerprint density at radius 1 is 0.962 bits per heavy atom. The van der Waals surface area contributed by atoms with E-state index >= 15 is 0 Å². The van der Waals surface area contributed by atoms with E-state index in [1.165, 1.54) is 17.7 Å². The molecule has 0 spiro atoms. The van der Waals surface area contributed by atoms with Crippen molar-refractivity contribution in [2.24, 2.45) is 0 Å². The SMILES string of the molecule is CC(C)(C)c1cc(C(C)(C)C)c2oc(-c3ccc([N+](=O)[O-])cc3)nc2c1. The maximum Gasteiger partial charge on any atom is 0.269 e. The Labute approximate surface area is 153 Å². The number of nitrogens with zero attached hydrogens (tertiary/aromatic N) is 2. The Morgan fingerprint density at radius 3 is 2.08 bits per heavy atom. The van der Waals surface area contributed by atoms with Crippen LogP contribution >= 0.6 is 0 Å². The zero-order valence-corrected chi connectivity index (χ0v) is 16.1. The van der Waals surface area contributed by atoms with Gasteiger partial charge in [0.15, 0.2) is 5.58 Å². The molecule has 0 fully saturated rings. The molecule has 3 aromatic rings. The minimum absolute atomic E-state index is 0.000657. The van der Waals surface area contributed by atoms with E-state index in [1.54, 1.807) is 12.1 Å². The fraction of sp³-hybridized carbons (Fsp3) is 0.381. The molecule has 0 atom stereocenters. The van der Waals surface area contributed by atoms with Crippen LogP contribution in [0, 0.1) is 10.1 Å². The van der Waals surface area contributed by atoms with Gasteiger partial charge < -0.3 is 4.42 Å². The Morgan fingerprint density at radius 2 is 1.58 bits per heavy atom. The number of oxazole rings is 1. The van der Waals surface area contributed by atoms with Crippen LogP contribution in [0.1, 0.15) is 52.7 Å². The highest BCUT2D eigenvalue weighted by Crippen LogP contribution is 2.37. The molecule has 0 unspecified atom stereocenters. The minimum Gasteiger partial charge on any atom is -0.436 e. The minimum atomic E-state index is -0.414. The first kappa shape index (κ1) is 18.1. The molecular formula is C21H24N2O3. The Bertz CT molecular complexity index is 971. The van der Waals surface area contributed by atoms with E-state index in [4.69, 9.17) is 4.42 Å². The van der Waals surface area contributed by atoms with E-state index in [9.17, 15) is 10.1 Å². The summed E-state index contributed by atoms with van der Waals surface area (Å²) in [5.74, 6) is 0.478. The van der Waals surface area contributed by atoms with Gasteiger partial charge in [-0.1, -0.05) is 47.6 Å². The molecule has 0 radical (unpaired) electrons. The van der Waals surface area contributed by atoms with Crippen LogP contribution in [0.2, 0.25) is 0 Å². The first-order valence-corrected chi connectivity index (χ1v) is 8.67. The monoisotopic (exact) mass is 352 g/mol. The topological polar surface area (TPSA) is 69.2 Å². The van der Waals surface area contributed by atoms with Crippen LogP contribution in [0.4, 0.5) is 5.69 Å². The molecule has 0 N–H and O–H groups in total. The normalized spacial score (nSPS) is 12.5. The summed E-state index contributed by atoms with van der Waals surface area (Å²) in [6.07, 6.45) is 0. The molecule has 5 heteroatoms. The summed E-state index contributed by atoms with van der Waals surface area (Å²) in [6.45, 7) is 13.0. The van der Waals surface area contributed by atoms with Gasteiger partial charge in [-0.05, 0) is 34.6 Å². The Hall–Kier alpha value is -2.69. The van der Waals surface area contributed by atoms with Crippen molar-refractivity contribution in [2.45, 2.75) is 52.4 Å². The molecule has 0 amide bonds. The van der Waals surface area contributed by atoms with Crippen molar-refractivity contribution in [1.29, 1.82) is 0 Å². The molecule has 0 aliphatic heterocycles. The molecule has 26 heavy (non-hydrogen) atoms. The second-order valence-electron chi connectivity index (χ2n) is 8.70. The summed E-state index contributed by atoms with van der Waals surface area (Å²) in [4.78, 5) is 15.1. The smallest absolute Gasteiger partial charge is 0.269 e. The highest BCUT2D eigenvalue weighted by atomic mass is 16.6. The fourth-order valence-corrected chi connectivity index (χ4v) is 2.87. The van der Waals surface area contributed by atoms with Crippen molar-refractivity contribution in [1.82, 2.24) is 4.98 Å². The van der Waals surface area contributed by atoms with Crippen LogP contribution in [-0.4, -0.2) is 9.91 Å². The predicted molar refractivity (Wildman–Crippen MR) is 103 cm³/mol. The number of hydrogen-bond donors (Lipinski definition) is 0. The van der Waals surface area contributed by atoms with Gasteiger partial charge >= 0.3 is 0 Å². The van der Waals surface area contributed by atoms with Gasteiger partial charge in [0.05, 0.1) is 4.92 Å². The van der Waals surface area contributed by atoms with Crippen LogP contribution in [0.3, 0.4) is 0 Å². The molecule has 2 aromatic carbocycles. The largest absolute Gasteiger partial charge is 0.436 e. The van der Waals surface area contributed by atoms with Gasteiger partial charge in [0.1, 0.15) is 5.52 Å². The first-order valence-electron chi connectivity index (χ1n) is 8.67. The standard InChI is InChI=1S/C21H24N2O3/c1-20(2,3)14-11-16(21(4,5)6)18-17(12-14)22-19(26-18)13-7-9-15(10-8-13)23(24)25/h7-12H,1-6H3. The number of aromatic nitrogens is 1. The number of rotatable bonds is 2. The molecule has 0 aliphatic carbocycles. The third kappa shape index (κ3) is 3.34. The maximum absolute atomic E-state index is 10.8. The lowest BCUT2D eigenvalue weighted by Gasteiger charge is -2.24. The van der Waals surface area contributed by atoms with E-state index in [-0.39, 0.29) is 16.5 Å². The van der Waals surface area contributed by atoms with E-state index in [0.717, 1.165) is 22.2 Å². The van der Waals surface area contributed by atoms with Gasteiger partial charge in [0.2, 0.25) is 5.89 Å². The summed E-state index contributed by atoms with van der Waals surface area (Å²) in [5, 5.41) is 10.8. The summed E-state index contributed by atoms with van der Waals surface area (Å²) in [5.41, 5.74) is 4.60. The average Bonchev–Trinajstić information content (AvgIpc) is 2.96. The molecule has 136 valence electrons. The van der Waals surface area contributed by atoms with Crippen molar-refractivity contribution in [3.63, 3.8) is 0 Å². The summed E-state index contributed by atoms with van der Waals surface area (Å²) < 4.78 is 6.10. The number of fused-ring (bicyclic) bond motifs is 1. The molecule has 0 saturated carbocycles. The fourth-order valence-electron chi connectivity index (χ4n) is 2.87. The highest BCUT2D eigenvalue weighted by molar-refractivity contribution is 5.81. The summed E-state index contributed by atoms with van der Waals surface area (Å²) in [7, 11) is 0. The summed E-state index contributed by atoms with van der Waals surface area (Å²) in [6, 6.07) is 10.6. The van der Waals surface area contributed by atoms with Crippen LogP contribution in [0.15, 0.2) is 40.8 Å². The number of benzene rings is 2.